The van der Waals surface area contributed by atoms with Crippen LogP contribution in [0.25, 0.3) is 0 Å². The van der Waals surface area contributed by atoms with Gasteiger partial charge in [-0.05, 0) is 31.9 Å². The molecule has 0 saturated carbocycles. The minimum atomic E-state index is -3.24. The predicted molar refractivity (Wildman–Crippen MR) is 100 cm³/mol. The van der Waals surface area contributed by atoms with Crippen molar-refractivity contribution in [3.8, 4) is 0 Å². The zero-order valence-electron chi connectivity index (χ0n) is 15.0. The van der Waals surface area contributed by atoms with Crippen molar-refractivity contribution in [1.29, 1.82) is 0 Å². The highest BCUT2D eigenvalue weighted by Gasteiger charge is 2.51. The molecule has 0 spiro atoms. The van der Waals surface area contributed by atoms with E-state index >= 15 is 0 Å². The molecule has 2 heterocycles. The Morgan fingerprint density at radius 1 is 1.22 bits per heavy atom. The van der Waals surface area contributed by atoms with Crippen molar-refractivity contribution < 1.29 is 22.8 Å². The maximum absolute atomic E-state index is 12.2. The normalized spacial score (nSPS) is 25.4. The summed E-state index contributed by atoms with van der Waals surface area (Å²) in [5.74, 6) is -0.289. The standard InChI is InChI=1S/C18H23N3O5S/c1-11(22)12-5-4-6-13(9-12)19-16(23)8-3-2-7-15-17-14(10-27(15,25)26)20-18(24)21-17/h4-6,9,14-15,17H,2-3,7-8,10H2,1H3,(H,19,23)(H2,20,21,24)/t14-,15+,17-/m0/s1. The maximum Gasteiger partial charge on any atom is 0.315 e. The van der Waals surface area contributed by atoms with E-state index in [4.69, 9.17) is 0 Å². The van der Waals surface area contributed by atoms with Crippen LogP contribution in [0.1, 0.15) is 43.0 Å². The molecule has 8 nitrogen and oxygen atoms in total. The summed E-state index contributed by atoms with van der Waals surface area (Å²) in [5, 5.41) is 7.46. The molecule has 9 heteroatoms. The summed E-state index contributed by atoms with van der Waals surface area (Å²) in [7, 11) is -3.24. The quantitative estimate of drug-likeness (QED) is 0.365. The first-order valence-corrected chi connectivity index (χ1v) is 10.7. The average Bonchev–Trinajstić information content (AvgIpc) is 3.03. The van der Waals surface area contributed by atoms with Gasteiger partial charge < -0.3 is 16.0 Å². The van der Waals surface area contributed by atoms with Crippen molar-refractivity contribution >= 4 is 33.2 Å². The Bertz CT molecular complexity index is 868. The summed E-state index contributed by atoms with van der Waals surface area (Å²) in [6.45, 7) is 1.46. The van der Waals surface area contributed by atoms with Crippen molar-refractivity contribution in [3.63, 3.8) is 0 Å². The molecule has 1 aromatic rings. The van der Waals surface area contributed by atoms with E-state index < -0.39 is 15.1 Å². The third-order valence-corrected chi connectivity index (χ3v) is 7.29. The van der Waals surface area contributed by atoms with Crippen LogP contribution >= 0.6 is 0 Å². The van der Waals surface area contributed by atoms with Crippen molar-refractivity contribution in [2.24, 2.45) is 0 Å². The Hall–Kier alpha value is -2.42. The second-order valence-electron chi connectivity index (χ2n) is 7.05. The van der Waals surface area contributed by atoms with Crippen LogP contribution < -0.4 is 16.0 Å². The van der Waals surface area contributed by atoms with E-state index in [-0.39, 0.29) is 42.0 Å². The summed E-state index contributed by atoms with van der Waals surface area (Å²) in [4.78, 5) is 34.8. The van der Waals surface area contributed by atoms with E-state index in [1.165, 1.54) is 6.92 Å². The largest absolute Gasteiger partial charge is 0.332 e. The van der Waals surface area contributed by atoms with E-state index in [0.717, 1.165) is 0 Å². The van der Waals surface area contributed by atoms with E-state index in [9.17, 15) is 22.8 Å². The van der Waals surface area contributed by atoms with Gasteiger partial charge in [-0.2, -0.15) is 0 Å². The fraction of sp³-hybridized carbons (Fsp3) is 0.500. The highest BCUT2D eigenvalue weighted by atomic mass is 32.2. The molecule has 3 amide bonds. The topological polar surface area (TPSA) is 121 Å². The summed E-state index contributed by atoms with van der Waals surface area (Å²) in [6.07, 6.45) is 1.79. The van der Waals surface area contributed by atoms with E-state index in [2.05, 4.69) is 16.0 Å². The van der Waals surface area contributed by atoms with E-state index in [1.807, 2.05) is 0 Å². The van der Waals surface area contributed by atoms with Crippen LogP contribution in [0.3, 0.4) is 0 Å². The SMILES string of the molecule is CC(=O)c1cccc(NC(=O)CCCC[C@@H]2[C@H]3NC(=O)N[C@H]3CS2(=O)=O)c1. The second kappa shape index (κ2) is 7.67. The van der Waals surface area contributed by atoms with Gasteiger partial charge in [0.2, 0.25) is 5.91 Å². The van der Waals surface area contributed by atoms with Crippen molar-refractivity contribution in [3.05, 3.63) is 29.8 Å². The monoisotopic (exact) mass is 393 g/mol. The molecule has 3 N–H and O–H groups in total. The van der Waals surface area contributed by atoms with Crippen LogP contribution in [0.15, 0.2) is 24.3 Å². The molecule has 3 atom stereocenters. The van der Waals surface area contributed by atoms with Crippen LogP contribution in [0, 0.1) is 0 Å². The summed E-state index contributed by atoms with van der Waals surface area (Å²) >= 11 is 0. The lowest BCUT2D eigenvalue weighted by Crippen LogP contribution is -2.39. The molecular weight excluding hydrogens is 370 g/mol. The van der Waals surface area contributed by atoms with Gasteiger partial charge in [-0.3, -0.25) is 9.59 Å². The smallest absolute Gasteiger partial charge is 0.315 e. The number of carbonyl (C=O) groups excluding carboxylic acids is 3. The zero-order valence-corrected chi connectivity index (χ0v) is 15.8. The summed E-state index contributed by atoms with van der Waals surface area (Å²) in [6, 6.07) is 5.67. The first kappa shape index (κ1) is 19.3. The van der Waals surface area contributed by atoms with Crippen molar-refractivity contribution in [1.82, 2.24) is 10.6 Å². The highest BCUT2D eigenvalue weighted by Crippen LogP contribution is 2.28. The van der Waals surface area contributed by atoms with Crippen LogP contribution in [0.2, 0.25) is 0 Å². The maximum atomic E-state index is 12.2. The molecule has 2 fully saturated rings. The number of amides is 3. The average molecular weight is 393 g/mol. The molecule has 0 aromatic heterocycles. The van der Waals surface area contributed by atoms with Crippen LogP contribution in [0.4, 0.5) is 10.5 Å². The Balaban J connectivity index is 1.46. The van der Waals surface area contributed by atoms with Crippen molar-refractivity contribution in [2.45, 2.75) is 49.9 Å². The third-order valence-electron chi connectivity index (χ3n) is 5.02. The number of hydrogen-bond acceptors (Lipinski definition) is 5. The molecule has 0 unspecified atom stereocenters. The zero-order chi connectivity index (χ0) is 19.6. The van der Waals surface area contributed by atoms with Gasteiger partial charge >= 0.3 is 6.03 Å². The highest BCUT2D eigenvalue weighted by molar-refractivity contribution is 7.92. The lowest BCUT2D eigenvalue weighted by Gasteiger charge is -2.16. The van der Waals surface area contributed by atoms with Gasteiger partial charge in [0.25, 0.3) is 0 Å². The number of fused-ring (bicyclic) bond motifs is 1. The van der Waals surface area contributed by atoms with Gasteiger partial charge in [0.1, 0.15) is 0 Å². The molecule has 2 saturated heterocycles. The third kappa shape index (κ3) is 4.47. The van der Waals surface area contributed by atoms with Gasteiger partial charge in [-0.25, -0.2) is 13.2 Å². The van der Waals surface area contributed by atoms with Crippen LogP contribution in [0.5, 0.6) is 0 Å². The molecule has 1 aromatic carbocycles. The molecule has 3 rings (SSSR count). The van der Waals surface area contributed by atoms with Gasteiger partial charge in [0, 0.05) is 17.7 Å². The number of rotatable bonds is 7. The molecule has 0 aliphatic carbocycles. The number of hydrogen-bond donors (Lipinski definition) is 3. The molecule has 0 radical (unpaired) electrons. The molecule has 146 valence electrons. The van der Waals surface area contributed by atoms with Gasteiger partial charge in [-0.1, -0.05) is 18.6 Å². The summed E-state index contributed by atoms with van der Waals surface area (Å²) < 4.78 is 24.5. The van der Waals surface area contributed by atoms with Crippen molar-refractivity contribution in [2.75, 3.05) is 11.1 Å². The minimum Gasteiger partial charge on any atom is -0.332 e. The molecular formula is C18H23N3O5S. The minimum absolute atomic E-state index is 0.0337. The fourth-order valence-electron chi connectivity index (χ4n) is 3.68. The first-order chi connectivity index (χ1) is 12.8. The Labute approximate surface area is 158 Å². The molecule has 2 aliphatic rings. The number of nitrogens with one attached hydrogen (secondary N) is 3. The van der Waals surface area contributed by atoms with Gasteiger partial charge in [0.15, 0.2) is 15.6 Å². The first-order valence-electron chi connectivity index (χ1n) is 8.96. The number of anilines is 1. The number of Topliss-reactive ketones (excluding diaryl/α,β-unsaturated/α-hetero) is 1. The number of urea groups is 1. The molecule has 27 heavy (non-hydrogen) atoms. The fourth-order valence-corrected chi connectivity index (χ4v) is 5.94. The van der Waals surface area contributed by atoms with Gasteiger partial charge in [0.05, 0.1) is 23.1 Å². The van der Waals surface area contributed by atoms with E-state index in [1.54, 1.807) is 24.3 Å². The molecule has 2 aliphatic heterocycles. The number of sulfone groups is 1. The summed E-state index contributed by atoms with van der Waals surface area (Å²) in [5.41, 5.74) is 1.09. The number of unbranched alkanes of at least 4 members (excludes halogenated alkanes) is 1. The predicted octanol–water partition coefficient (Wildman–Crippen LogP) is 1.24. The Morgan fingerprint density at radius 3 is 2.74 bits per heavy atom. The van der Waals surface area contributed by atoms with E-state index in [0.29, 0.717) is 30.5 Å². The number of carbonyl (C=O) groups is 3. The molecule has 0 bridgehead atoms. The number of ketones is 1. The van der Waals surface area contributed by atoms with Crippen LogP contribution in [-0.2, 0) is 14.6 Å². The van der Waals surface area contributed by atoms with Crippen LogP contribution in [-0.4, -0.2) is 49.2 Å². The lowest BCUT2D eigenvalue weighted by molar-refractivity contribution is -0.116. The second-order valence-corrected chi connectivity index (χ2v) is 9.31. The lowest BCUT2D eigenvalue weighted by atomic mass is 10.0. The van der Waals surface area contributed by atoms with Gasteiger partial charge in [-0.15, -0.1) is 0 Å². The Kier molecular flexibility index (Phi) is 5.50. The number of benzene rings is 1. The Morgan fingerprint density at radius 2 is 2.00 bits per heavy atom.